The zero-order valence-corrected chi connectivity index (χ0v) is 14.9. The molecule has 2 heterocycles. The van der Waals surface area contributed by atoms with Gasteiger partial charge >= 0.3 is 0 Å². The molecule has 1 aromatic carbocycles. The number of nitrogens with zero attached hydrogens (tertiary/aromatic N) is 2. The number of rotatable bonds is 6. The molecule has 0 unspecified atom stereocenters. The predicted molar refractivity (Wildman–Crippen MR) is 93.5 cm³/mol. The fourth-order valence-electron chi connectivity index (χ4n) is 3.74. The van der Waals surface area contributed by atoms with Gasteiger partial charge in [0.05, 0.1) is 10.6 Å². The maximum atomic E-state index is 12.8. The minimum absolute atomic E-state index is 0.127. The molecule has 128 valence electrons. The third-order valence-electron chi connectivity index (χ3n) is 5.12. The average molecular weight is 337 g/mol. The Balaban J connectivity index is 1.74. The van der Waals surface area contributed by atoms with Gasteiger partial charge in [0.1, 0.15) is 0 Å². The molecule has 0 aromatic heterocycles. The molecule has 0 spiro atoms. The smallest absolute Gasteiger partial charge is 0.179 e. The first-order valence-electron chi connectivity index (χ1n) is 8.80. The summed E-state index contributed by atoms with van der Waals surface area (Å²) in [5.74, 6) is 0.243. The van der Waals surface area contributed by atoms with Crippen molar-refractivity contribution in [3.8, 4) is 0 Å². The van der Waals surface area contributed by atoms with Gasteiger partial charge in [0, 0.05) is 12.6 Å². The molecule has 2 fully saturated rings. The van der Waals surface area contributed by atoms with Crippen LogP contribution in [0.25, 0.3) is 0 Å². The molecule has 1 aromatic rings. The molecule has 2 aliphatic heterocycles. The van der Waals surface area contributed by atoms with E-state index in [0.717, 1.165) is 38.3 Å². The summed E-state index contributed by atoms with van der Waals surface area (Å²) in [6.45, 7) is 7.20. The molecule has 0 saturated carbocycles. The number of aryl methyl sites for hydroxylation is 1. The lowest BCUT2D eigenvalue weighted by Crippen LogP contribution is -2.46. The van der Waals surface area contributed by atoms with Crippen molar-refractivity contribution in [3.63, 3.8) is 0 Å². The fourth-order valence-corrected chi connectivity index (χ4v) is 5.30. The van der Waals surface area contributed by atoms with Gasteiger partial charge in [-0.1, -0.05) is 17.7 Å². The van der Waals surface area contributed by atoms with Crippen LogP contribution in [-0.2, 0) is 9.84 Å². The summed E-state index contributed by atoms with van der Waals surface area (Å²) < 4.78 is 25.7. The quantitative estimate of drug-likeness (QED) is 0.799. The Hall–Kier alpha value is -0.910. The van der Waals surface area contributed by atoms with Crippen molar-refractivity contribution in [1.82, 2.24) is 9.80 Å². The van der Waals surface area contributed by atoms with E-state index in [0.29, 0.717) is 4.90 Å². The Morgan fingerprint density at radius 1 is 0.957 bits per heavy atom. The van der Waals surface area contributed by atoms with Crippen LogP contribution in [0.15, 0.2) is 29.2 Å². The fraction of sp³-hybridized carbons (Fsp3) is 0.667. The highest BCUT2D eigenvalue weighted by Crippen LogP contribution is 2.20. The van der Waals surface area contributed by atoms with Crippen LogP contribution in [0.4, 0.5) is 0 Å². The second-order valence-electron chi connectivity index (χ2n) is 7.00. The molecular formula is C18H28N2O2S. The van der Waals surface area contributed by atoms with Crippen LogP contribution in [0.3, 0.4) is 0 Å². The monoisotopic (exact) mass is 336 g/mol. The van der Waals surface area contributed by atoms with E-state index in [4.69, 9.17) is 0 Å². The van der Waals surface area contributed by atoms with E-state index in [1.165, 1.54) is 25.7 Å². The predicted octanol–water partition coefficient (Wildman–Crippen LogP) is 2.33. The Bertz CT molecular complexity index is 600. The number of hydrogen-bond donors (Lipinski definition) is 0. The lowest BCUT2D eigenvalue weighted by molar-refractivity contribution is 0.193. The Kier molecular flexibility index (Phi) is 5.39. The van der Waals surface area contributed by atoms with Crippen LogP contribution >= 0.6 is 0 Å². The Morgan fingerprint density at radius 2 is 1.52 bits per heavy atom. The molecule has 23 heavy (non-hydrogen) atoms. The molecule has 5 heteroatoms. The summed E-state index contributed by atoms with van der Waals surface area (Å²) in [6, 6.07) is 7.40. The molecule has 0 amide bonds. The summed E-state index contributed by atoms with van der Waals surface area (Å²) >= 11 is 0. The largest absolute Gasteiger partial charge is 0.302 e. The molecule has 0 N–H and O–H groups in total. The van der Waals surface area contributed by atoms with Gasteiger partial charge in [0.2, 0.25) is 0 Å². The first kappa shape index (κ1) is 16.9. The second kappa shape index (κ2) is 7.32. The highest BCUT2D eigenvalue weighted by Gasteiger charge is 2.30. The first-order valence-corrected chi connectivity index (χ1v) is 10.5. The van der Waals surface area contributed by atoms with Gasteiger partial charge in [0.25, 0.3) is 0 Å². The first-order chi connectivity index (χ1) is 11.0. The summed E-state index contributed by atoms with van der Waals surface area (Å²) in [5.41, 5.74) is 1.09. The van der Waals surface area contributed by atoms with E-state index in [1.807, 2.05) is 19.1 Å². The summed E-state index contributed by atoms with van der Waals surface area (Å²) in [5, 5.41) is 0. The lowest BCUT2D eigenvalue weighted by Gasteiger charge is -2.31. The van der Waals surface area contributed by atoms with Crippen molar-refractivity contribution in [2.45, 2.75) is 43.5 Å². The van der Waals surface area contributed by atoms with E-state index in [-0.39, 0.29) is 11.8 Å². The van der Waals surface area contributed by atoms with Gasteiger partial charge in [-0.25, -0.2) is 8.42 Å². The summed E-state index contributed by atoms with van der Waals surface area (Å²) in [6.07, 6.45) is 4.89. The highest BCUT2D eigenvalue weighted by atomic mass is 32.2. The second-order valence-corrected chi connectivity index (χ2v) is 9.03. The maximum absolute atomic E-state index is 12.8. The molecular weight excluding hydrogens is 308 g/mol. The van der Waals surface area contributed by atoms with E-state index < -0.39 is 9.84 Å². The van der Waals surface area contributed by atoms with Gasteiger partial charge in [-0.3, -0.25) is 4.90 Å². The van der Waals surface area contributed by atoms with Crippen LogP contribution in [0.2, 0.25) is 0 Å². The van der Waals surface area contributed by atoms with E-state index in [2.05, 4.69) is 9.80 Å². The van der Waals surface area contributed by atoms with E-state index in [1.54, 1.807) is 12.1 Å². The van der Waals surface area contributed by atoms with Crippen molar-refractivity contribution in [3.05, 3.63) is 29.8 Å². The third-order valence-corrected chi connectivity index (χ3v) is 6.93. The minimum atomic E-state index is -3.22. The normalized spacial score (nSPS) is 21.8. The Morgan fingerprint density at radius 3 is 2.13 bits per heavy atom. The van der Waals surface area contributed by atoms with Crippen molar-refractivity contribution in [2.24, 2.45) is 0 Å². The van der Waals surface area contributed by atoms with Crippen LogP contribution in [0.5, 0.6) is 0 Å². The van der Waals surface area contributed by atoms with Crippen molar-refractivity contribution in [2.75, 3.05) is 38.5 Å². The minimum Gasteiger partial charge on any atom is -0.302 e. The molecule has 4 nitrogen and oxygen atoms in total. The summed E-state index contributed by atoms with van der Waals surface area (Å²) in [4.78, 5) is 5.30. The van der Waals surface area contributed by atoms with Gasteiger partial charge in [-0.15, -0.1) is 0 Å². The van der Waals surface area contributed by atoms with E-state index >= 15 is 0 Å². The number of benzene rings is 1. The van der Waals surface area contributed by atoms with Gasteiger partial charge < -0.3 is 4.90 Å². The van der Waals surface area contributed by atoms with Crippen LogP contribution in [0.1, 0.15) is 31.2 Å². The molecule has 0 radical (unpaired) electrons. The maximum Gasteiger partial charge on any atom is 0.179 e. The molecule has 2 saturated heterocycles. The molecule has 1 atom stereocenters. The number of likely N-dealkylation sites (tertiary alicyclic amines) is 2. The van der Waals surface area contributed by atoms with Crippen molar-refractivity contribution >= 4 is 9.84 Å². The molecule has 0 aliphatic carbocycles. The van der Waals surface area contributed by atoms with Crippen LogP contribution < -0.4 is 0 Å². The van der Waals surface area contributed by atoms with Gasteiger partial charge in [-0.2, -0.15) is 0 Å². The van der Waals surface area contributed by atoms with E-state index in [9.17, 15) is 8.42 Å². The molecule has 2 aliphatic rings. The SMILES string of the molecule is Cc1ccc(S(=O)(=O)C[C@H](CN2CCCC2)N2CCCC2)cc1. The molecule has 3 rings (SSSR count). The highest BCUT2D eigenvalue weighted by molar-refractivity contribution is 7.91. The van der Waals surface area contributed by atoms with Crippen LogP contribution in [0, 0.1) is 6.92 Å². The van der Waals surface area contributed by atoms with Crippen molar-refractivity contribution in [1.29, 1.82) is 0 Å². The lowest BCUT2D eigenvalue weighted by atomic mass is 10.2. The molecule has 0 bridgehead atoms. The average Bonchev–Trinajstić information content (AvgIpc) is 3.20. The zero-order valence-electron chi connectivity index (χ0n) is 14.1. The van der Waals surface area contributed by atoms with Gasteiger partial charge in [0.15, 0.2) is 9.84 Å². The zero-order chi connectivity index (χ0) is 16.3. The van der Waals surface area contributed by atoms with Crippen molar-refractivity contribution < 1.29 is 8.42 Å². The Labute approximate surface area is 140 Å². The standard InChI is InChI=1S/C18H28N2O2S/c1-16-6-8-18(9-7-16)23(21,22)15-17(20-12-4-5-13-20)14-19-10-2-3-11-19/h6-9,17H,2-5,10-15H2,1H3/t17-/m0/s1. The summed E-state index contributed by atoms with van der Waals surface area (Å²) in [7, 11) is -3.22. The number of hydrogen-bond acceptors (Lipinski definition) is 4. The topological polar surface area (TPSA) is 40.6 Å². The van der Waals surface area contributed by atoms with Crippen LogP contribution in [-0.4, -0.2) is 62.7 Å². The van der Waals surface area contributed by atoms with Gasteiger partial charge in [-0.05, 0) is 70.9 Å². The number of sulfone groups is 1. The third kappa shape index (κ3) is 4.34.